The summed E-state index contributed by atoms with van der Waals surface area (Å²) < 4.78 is 10.7. The second kappa shape index (κ2) is 7.11. The highest BCUT2D eigenvalue weighted by Gasteiger charge is 2.30. The molecule has 0 aliphatic carbocycles. The van der Waals surface area contributed by atoms with Gasteiger partial charge in [-0.2, -0.15) is 10.5 Å². The molecule has 0 radical (unpaired) electrons. The fraction of sp³-hybridized carbons (Fsp3) is 0.353. The second-order valence-corrected chi connectivity index (χ2v) is 5.95. The number of aromatic nitrogens is 2. The van der Waals surface area contributed by atoms with Crippen LogP contribution in [0.15, 0.2) is 22.6 Å². The van der Waals surface area contributed by atoms with Gasteiger partial charge < -0.3 is 19.4 Å². The van der Waals surface area contributed by atoms with Crippen LogP contribution in [0.5, 0.6) is 5.75 Å². The number of carbonyl (C=O) groups excluding carboxylic acids is 1. The molecule has 0 unspecified atom stereocenters. The van der Waals surface area contributed by atoms with E-state index in [1.165, 1.54) is 7.11 Å². The van der Waals surface area contributed by atoms with Crippen molar-refractivity contribution in [2.24, 2.45) is 0 Å². The number of methoxy groups -OCH3 is 1. The maximum absolute atomic E-state index is 12.3. The van der Waals surface area contributed by atoms with Crippen LogP contribution in [0.3, 0.4) is 0 Å². The number of nitriles is 2. The van der Waals surface area contributed by atoms with E-state index in [0.29, 0.717) is 29.8 Å². The third-order valence-corrected chi connectivity index (χ3v) is 4.22. The molecule has 9 nitrogen and oxygen atoms in total. The van der Waals surface area contributed by atoms with Crippen molar-refractivity contribution in [3.05, 3.63) is 29.7 Å². The van der Waals surface area contributed by atoms with Gasteiger partial charge in [-0.15, -0.1) is 10.2 Å². The Morgan fingerprint density at radius 2 is 2.23 bits per heavy atom. The Balaban J connectivity index is 1.77. The van der Waals surface area contributed by atoms with Crippen molar-refractivity contribution in [2.45, 2.75) is 25.4 Å². The van der Waals surface area contributed by atoms with Crippen LogP contribution in [0, 0.1) is 22.8 Å². The number of rotatable bonds is 4. The van der Waals surface area contributed by atoms with Crippen molar-refractivity contribution < 1.29 is 13.9 Å². The van der Waals surface area contributed by atoms with Gasteiger partial charge in [-0.3, -0.25) is 4.79 Å². The molecule has 2 heterocycles. The summed E-state index contributed by atoms with van der Waals surface area (Å²) in [4.78, 5) is 13.9. The summed E-state index contributed by atoms with van der Waals surface area (Å²) in [5, 5.41) is 28.5. The Bertz CT molecular complexity index is 910. The molecule has 3 rings (SSSR count). The largest absolute Gasteiger partial charge is 0.496 e. The number of likely N-dealkylation sites (tertiary alicyclic amines) is 1. The molecule has 1 aromatic heterocycles. The van der Waals surface area contributed by atoms with E-state index in [0.717, 1.165) is 0 Å². The first-order chi connectivity index (χ1) is 12.5. The second-order valence-electron chi connectivity index (χ2n) is 5.95. The zero-order valence-electron chi connectivity index (χ0n) is 14.3. The molecule has 9 heteroatoms. The maximum atomic E-state index is 12.3. The fourth-order valence-electron chi connectivity index (χ4n) is 2.89. The zero-order chi connectivity index (χ0) is 18.7. The summed E-state index contributed by atoms with van der Waals surface area (Å²) in [6, 6.07) is 6.71. The lowest BCUT2D eigenvalue weighted by Crippen LogP contribution is -2.36. The number of carbonyl (C=O) groups is 1. The Morgan fingerprint density at radius 3 is 2.88 bits per heavy atom. The van der Waals surface area contributed by atoms with Gasteiger partial charge in [-0.25, -0.2) is 0 Å². The molecule has 132 valence electrons. The topological polar surface area (TPSA) is 128 Å². The number of nitrogens with one attached hydrogen (secondary N) is 1. The van der Waals surface area contributed by atoms with E-state index in [1.54, 1.807) is 23.1 Å². The molecular formula is C17H16N6O3. The average molecular weight is 352 g/mol. The molecule has 26 heavy (non-hydrogen) atoms. The predicted octanol–water partition coefficient (Wildman–Crippen LogP) is 1.29. The molecule has 1 amide bonds. The van der Waals surface area contributed by atoms with E-state index in [9.17, 15) is 4.79 Å². The van der Waals surface area contributed by atoms with E-state index < -0.39 is 5.91 Å². The fourth-order valence-corrected chi connectivity index (χ4v) is 2.89. The quantitative estimate of drug-likeness (QED) is 0.815. The van der Waals surface area contributed by atoms with Crippen LogP contribution in [0.4, 0.5) is 0 Å². The molecule has 1 N–H and O–H groups in total. The molecule has 0 saturated carbocycles. The third kappa shape index (κ3) is 3.28. The van der Waals surface area contributed by atoms with Crippen LogP contribution in [-0.4, -0.2) is 46.7 Å². The minimum Gasteiger partial charge on any atom is -0.496 e. The van der Waals surface area contributed by atoms with E-state index in [1.807, 2.05) is 13.0 Å². The Kier molecular flexibility index (Phi) is 4.72. The van der Waals surface area contributed by atoms with Crippen molar-refractivity contribution in [3.63, 3.8) is 0 Å². The van der Waals surface area contributed by atoms with Crippen LogP contribution in [0.1, 0.15) is 29.6 Å². The van der Waals surface area contributed by atoms with Crippen LogP contribution in [0.25, 0.3) is 11.5 Å². The molecule has 2 atom stereocenters. The number of nitrogens with zero attached hydrogens (tertiary/aromatic N) is 5. The smallest absolute Gasteiger partial charge is 0.309 e. The van der Waals surface area contributed by atoms with Crippen LogP contribution < -0.4 is 10.1 Å². The van der Waals surface area contributed by atoms with Crippen molar-refractivity contribution >= 4 is 5.91 Å². The van der Waals surface area contributed by atoms with Gasteiger partial charge in [0.1, 0.15) is 5.75 Å². The van der Waals surface area contributed by atoms with Crippen molar-refractivity contribution in [1.82, 2.24) is 20.4 Å². The van der Waals surface area contributed by atoms with Gasteiger partial charge in [-0.1, -0.05) is 0 Å². The molecule has 2 aromatic rings. The summed E-state index contributed by atoms with van der Waals surface area (Å²) in [6.45, 7) is 2.37. The monoisotopic (exact) mass is 352 g/mol. The van der Waals surface area contributed by atoms with Gasteiger partial charge in [-0.05, 0) is 31.5 Å². The lowest BCUT2D eigenvalue weighted by Gasteiger charge is -2.11. The van der Waals surface area contributed by atoms with Crippen molar-refractivity contribution in [1.29, 1.82) is 10.5 Å². The van der Waals surface area contributed by atoms with Crippen molar-refractivity contribution in [2.75, 3.05) is 13.7 Å². The molecule has 1 aliphatic rings. The SMILES string of the molecule is COc1ccc(C#N)cc1-c1nnc(C(=O)N[C@@H]2C[C@@H](C)N(C#N)C2)o1. The lowest BCUT2D eigenvalue weighted by atomic mass is 10.1. The summed E-state index contributed by atoms with van der Waals surface area (Å²) in [5.74, 6) is -0.153. The van der Waals surface area contributed by atoms with Gasteiger partial charge in [0.25, 0.3) is 5.89 Å². The summed E-state index contributed by atoms with van der Waals surface area (Å²) in [7, 11) is 1.48. The average Bonchev–Trinajstić information content (AvgIpc) is 3.27. The number of hydrogen-bond acceptors (Lipinski definition) is 8. The first-order valence-corrected chi connectivity index (χ1v) is 7.95. The third-order valence-electron chi connectivity index (χ3n) is 4.22. The Hall–Kier alpha value is -3.59. The normalized spacial score (nSPS) is 18.8. The highest BCUT2D eigenvalue weighted by molar-refractivity contribution is 5.90. The van der Waals surface area contributed by atoms with Gasteiger partial charge in [0.2, 0.25) is 0 Å². The molecule has 1 saturated heterocycles. The van der Waals surface area contributed by atoms with E-state index in [2.05, 4.69) is 21.7 Å². The minimum atomic E-state index is -0.504. The number of amides is 1. The molecule has 0 spiro atoms. The minimum absolute atomic E-state index is 0.0709. The zero-order valence-corrected chi connectivity index (χ0v) is 14.3. The van der Waals surface area contributed by atoms with E-state index >= 15 is 0 Å². The molecule has 1 fully saturated rings. The predicted molar refractivity (Wildman–Crippen MR) is 88.7 cm³/mol. The number of benzene rings is 1. The van der Waals surface area contributed by atoms with Crippen LogP contribution in [-0.2, 0) is 0 Å². The van der Waals surface area contributed by atoms with E-state index in [4.69, 9.17) is 19.7 Å². The summed E-state index contributed by atoms with van der Waals surface area (Å²) >= 11 is 0. The maximum Gasteiger partial charge on any atom is 0.309 e. The van der Waals surface area contributed by atoms with Crippen molar-refractivity contribution in [3.8, 4) is 29.5 Å². The number of hydrogen-bond donors (Lipinski definition) is 1. The van der Waals surface area contributed by atoms with Gasteiger partial charge in [0.05, 0.1) is 24.3 Å². The standard InChI is InChI=1S/C17H16N6O3/c1-10-5-12(8-23(10)9-19)20-15(24)17-22-21-16(26-17)13-6-11(7-18)3-4-14(13)25-2/h3-4,6,10,12H,5,8H2,1-2H3,(H,20,24)/t10-,12-/m1/s1. The van der Waals surface area contributed by atoms with Crippen LogP contribution in [0.2, 0.25) is 0 Å². The first-order valence-electron chi connectivity index (χ1n) is 7.95. The molecule has 0 bridgehead atoms. The lowest BCUT2D eigenvalue weighted by molar-refractivity contribution is 0.0904. The summed E-state index contributed by atoms with van der Waals surface area (Å²) in [5.41, 5.74) is 0.838. The molecule has 1 aliphatic heterocycles. The number of ether oxygens (including phenoxy) is 1. The highest BCUT2D eigenvalue weighted by atomic mass is 16.5. The van der Waals surface area contributed by atoms with Gasteiger partial charge in [0.15, 0.2) is 6.19 Å². The van der Waals surface area contributed by atoms with Crippen LogP contribution >= 0.6 is 0 Å². The summed E-state index contributed by atoms with van der Waals surface area (Å²) in [6.07, 6.45) is 2.76. The first kappa shape index (κ1) is 17.2. The molecular weight excluding hydrogens is 336 g/mol. The Labute approximate surface area is 149 Å². The van der Waals surface area contributed by atoms with Gasteiger partial charge >= 0.3 is 11.8 Å². The Morgan fingerprint density at radius 1 is 1.42 bits per heavy atom. The molecule has 1 aromatic carbocycles. The van der Waals surface area contributed by atoms with E-state index in [-0.39, 0.29) is 23.9 Å². The van der Waals surface area contributed by atoms with Gasteiger partial charge in [0, 0.05) is 18.6 Å². The highest BCUT2D eigenvalue weighted by Crippen LogP contribution is 2.30.